The third-order valence-electron chi connectivity index (χ3n) is 5.07. The highest BCUT2D eigenvalue weighted by atomic mass is 19.4. The Hall–Kier alpha value is -4.50. The summed E-state index contributed by atoms with van der Waals surface area (Å²) in [6, 6.07) is 3.31. The van der Waals surface area contributed by atoms with Gasteiger partial charge in [0, 0.05) is 24.7 Å². The van der Waals surface area contributed by atoms with Gasteiger partial charge in [0.15, 0.2) is 0 Å². The largest absolute Gasteiger partial charge is 0.478 e. The molecule has 0 aliphatic heterocycles. The average molecular weight is 544 g/mol. The Morgan fingerprint density at radius 2 is 1.61 bits per heavy atom. The molecule has 0 spiro atoms. The zero-order valence-electron chi connectivity index (χ0n) is 19.3. The van der Waals surface area contributed by atoms with Crippen molar-refractivity contribution < 1.29 is 41.2 Å². The molecule has 0 aliphatic rings. The van der Waals surface area contributed by atoms with Crippen molar-refractivity contribution in [1.82, 2.24) is 15.0 Å². The lowest BCUT2D eigenvalue weighted by atomic mass is 9.98. The van der Waals surface area contributed by atoms with E-state index in [1.807, 2.05) is 0 Å². The van der Waals surface area contributed by atoms with Crippen LogP contribution in [0.3, 0.4) is 0 Å². The van der Waals surface area contributed by atoms with Crippen LogP contribution in [-0.4, -0.2) is 44.0 Å². The molecule has 3 aromatic rings. The maximum Gasteiger partial charge on any atom is 0.416 e. The number of carboxylic acids is 1. The van der Waals surface area contributed by atoms with Crippen LogP contribution in [0.15, 0.2) is 36.5 Å². The highest BCUT2D eigenvalue weighted by Gasteiger charge is 2.37. The Balaban J connectivity index is 1.95. The van der Waals surface area contributed by atoms with Gasteiger partial charge < -0.3 is 15.7 Å². The number of pyridine rings is 1. The van der Waals surface area contributed by atoms with Crippen LogP contribution in [0.2, 0.25) is 0 Å². The number of hydrogen-bond donors (Lipinski definition) is 3. The van der Waals surface area contributed by atoms with E-state index in [9.17, 15) is 46.4 Å². The van der Waals surface area contributed by atoms with Crippen molar-refractivity contribution in [2.45, 2.75) is 25.7 Å². The summed E-state index contributed by atoms with van der Waals surface area (Å²) in [4.78, 5) is 33.8. The number of carbonyl (C=O) groups is 1. The minimum absolute atomic E-state index is 0.0120. The molecule has 0 saturated heterocycles. The molecule has 3 N–H and O–H groups in total. The van der Waals surface area contributed by atoms with Crippen LogP contribution in [0.5, 0.6) is 0 Å². The van der Waals surface area contributed by atoms with Crippen molar-refractivity contribution in [3.8, 4) is 11.3 Å². The van der Waals surface area contributed by atoms with Gasteiger partial charge in [-0.25, -0.2) is 19.7 Å². The number of aryl methyl sites for hydroxylation is 1. The van der Waals surface area contributed by atoms with Crippen LogP contribution in [0.4, 0.5) is 43.8 Å². The van der Waals surface area contributed by atoms with E-state index in [1.165, 1.54) is 19.1 Å². The van der Waals surface area contributed by atoms with Crippen molar-refractivity contribution in [2.75, 3.05) is 23.7 Å². The molecule has 38 heavy (non-hydrogen) atoms. The van der Waals surface area contributed by atoms with Crippen LogP contribution < -0.4 is 10.6 Å². The zero-order chi connectivity index (χ0) is 28.3. The average Bonchev–Trinajstić information content (AvgIpc) is 2.84. The molecule has 202 valence electrons. The van der Waals surface area contributed by atoms with Crippen molar-refractivity contribution in [1.29, 1.82) is 0 Å². The molecule has 16 heteroatoms. The smallest absolute Gasteiger partial charge is 0.416 e. The van der Waals surface area contributed by atoms with E-state index >= 15 is 0 Å². The molecule has 0 bridgehead atoms. The van der Waals surface area contributed by atoms with Crippen molar-refractivity contribution in [3.05, 3.63) is 69.0 Å². The summed E-state index contributed by atoms with van der Waals surface area (Å²) in [5.41, 5.74) is -5.51. The van der Waals surface area contributed by atoms with Crippen LogP contribution in [0, 0.1) is 10.1 Å². The Labute approximate surface area is 209 Å². The Bertz CT molecular complexity index is 1310. The van der Waals surface area contributed by atoms with E-state index in [4.69, 9.17) is 0 Å². The normalized spacial score (nSPS) is 11.8. The fourth-order valence-electron chi connectivity index (χ4n) is 3.33. The first-order chi connectivity index (χ1) is 17.7. The van der Waals surface area contributed by atoms with Gasteiger partial charge in [0.1, 0.15) is 17.6 Å². The van der Waals surface area contributed by atoms with Gasteiger partial charge in [0.25, 0.3) is 5.69 Å². The Kier molecular flexibility index (Phi) is 8.02. The third-order valence-corrected chi connectivity index (χ3v) is 5.07. The highest BCUT2D eigenvalue weighted by Crippen LogP contribution is 2.39. The topological polar surface area (TPSA) is 143 Å². The first-order valence-electron chi connectivity index (χ1n) is 10.7. The number of benzene rings is 1. The molecule has 0 aliphatic carbocycles. The van der Waals surface area contributed by atoms with Crippen LogP contribution in [-0.2, 0) is 18.8 Å². The zero-order valence-corrected chi connectivity index (χ0v) is 19.3. The molecule has 0 unspecified atom stereocenters. The second kappa shape index (κ2) is 10.9. The lowest BCUT2D eigenvalue weighted by Gasteiger charge is -2.17. The lowest BCUT2D eigenvalue weighted by Crippen LogP contribution is -2.18. The maximum absolute atomic E-state index is 13.4. The summed E-state index contributed by atoms with van der Waals surface area (Å²) >= 11 is 0. The van der Waals surface area contributed by atoms with Crippen LogP contribution in [0.25, 0.3) is 11.3 Å². The first-order valence-corrected chi connectivity index (χ1v) is 10.7. The second-order valence-electron chi connectivity index (χ2n) is 7.68. The molecule has 0 atom stereocenters. The summed E-state index contributed by atoms with van der Waals surface area (Å²) in [7, 11) is 0. The first kappa shape index (κ1) is 28.1. The monoisotopic (exact) mass is 544 g/mol. The number of hydrogen-bond acceptors (Lipinski definition) is 8. The number of rotatable bonds is 9. The van der Waals surface area contributed by atoms with Gasteiger partial charge in [-0.1, -0.05) is 6.92 Å². The predicted molar refractivity (Wildman–Crippen MR) is 122 cm³/mol. The molecule has 0 fully saturated rings. The second-order valence-corrected chi connectivity index (χ2v) is 7.68. The summed E-state index contributed by atoms with van der Waals surface area (Å²) < 4.78 is 80.2. The van der Waals surface area contributed by atoms with E-state index in [2.05, 4.69) is 25.6 Å². The highest BCUT2D eigenvalue weighted by molar-refractivity contribution is 5.96. The van der Waals surface area contributed by atoms with Gasteiger partial charge in [-0.3, -0.25) is 10.1 Å². The minimum Gasteiger partial charge on any atom is -0.478 e. The number of nitro groups is 1. The Morgan fingerprint density at radius 1 is 1.00 bits per heavy atom. The minimum atomic E-state index is -5.14. The summed E-state index contributed by atoms with van der Waals surface area (Å²) in [5.74, 6) is -1.57. The molecular formula is C22H18F6N6O4. The van der Waals surface area contributed by atoms with E-state index < -0.39 is 51.2 Å². The molecule has 0 amide bonds. The van der Waals surface area contributed by atoms with E-state index in [0.717, 1.165) is 6.20 Å². The standard InChI is InChI=1S/C22H18F6N6O4/c1-2-15-17(19(35)36)18(11-7-12(21(23,24)25)9-13(8-11)22(26,27)28)33-20(32-15)30-6-5-29-16-4-3-14(10-31-16)34(37)38/h3-4,7-10H,2,5-6H2,1H3,(H,29,31)(H,35,36)(H,30,32,33). The van der Waals surface area contributed by atoms with Gasteiger partial charge in [-0.2, -0.15) is 26.3 Å². The molecule has 2 aromatic heterocycles. The van der Waals surface area contributed by atoms with Crippen LogP contribution in [0.1, 0.15) is 34.1 Å². The molecule has 0 radical (unpaired) electrons. The lowest BCUT2D eigenvalue weighted by molar-refractivity contribution is -0.385. The van der Waals surface area contributed by atoms with Gasteiger partial charge in [-0.05, 0) is 30.7 Å². The van der Waals surface area contributed by atoms with Gasteiger partial charge in [-0.15, -0.1) is 0 Å². The predicted octanol–water partition coefficient (Wildman–Crippen LogP) is 5.27. The van der Waals surface area contributed by atoms with Crippen molar-refractivity contribution in [2.24, 2.45) is 0 Å². The number of halogens is 6. The summed E-state index contributed by atoms with van der Waals surface area (Å²) in [6.45, 7) is 1.72. The van der Waals surface area contributed by atoms with Gasteiger partial charge in [0.05, 0.1) is 27.4 Å². The number of alkyl halides is 6. The van der Waals surface area contributed by atoms with Gasteiger partial charge >= 0.3 is 18.3 Å². The molecule has 2 heterocycles. The van der Waals surface area contributed by atoms with Crippen molar-refractivity contribution in [3.63, 3.8) is 0 Å². The Morgan fingerprint density at radius 3 is 2.08 bits per heavy atom. The van der Waals surface area contributed by atoms with Crippen molar-refractivity contribution >= 4 is 23.4 Å². The fourth-order valence-corrected chi connectivity index (χ4v) is 3.33. The molecule has 10 nitrogen and oxygen atoms in total. The quantitative estimate of drug-likeness (QED) is 0.142. The van der Waals surface area contributed by atoms with E-state index in [-0.39, 0.29) is 48.7 Å². The number of carboxylic acid groups (broad SMARTS) is 1. The number of anilines is 2. The number of aromatic carboxylic acids is 1. The van der Waals surface area contributed by atoms with E-state index in [0.29, 0.717) is 12.1 Å². The number of nitrogens with zero attached hydrogens (tertiary/aromatic N) is 4. The fraction of sp³-hybridized carbons (Fsp3) is 0.273. The summed E-state index contributed by atoms with van der Waals surface area (Å²) in [6.07, 6.45) is -9.26. The molecular weight excluding hydrogens is 526 g/mol. The number of nitrogens with one attached hydrogen (secondary N) is 2. The van der Waals surface area contributed by atoms with E-state index in [1.54, 1.807) is 0 Å². The van der Waals surface area contributed by atoms with Crippen LogP contribution >= 0.6 is 0 Å². The summed E-state index contributed by atoms with van der Waals surface area (Å²) in [5, 5.41) is 25.9. The van der Waals surface area contributed by atoms with Gasteiger partial charge in [0.2, 0.25) is 5.95 Å². The maximum atomic E-state index is 13.4. The third kappa shape index (κ3) is 6.63. The SMILES string of the molecule is CCc1nc(NCCNc2ccc([N+](=O)[O-])cn2)nc(-c2cc(C(F)(F)F)cc(C(F)(F)F)c2)c1C(=O)O. The molecule has 0 saturated carbocycles. The molecule has 3 rings (SSSR count). The molecule has 1 aromatic carbocycles. The number of aromatic nitrogens is 3.